The van der Waals surface area contributed by atoms with Gasteiger partial charge in [0.1, 0.15) is 5.60 Å². The second-order valence-electron chi connectivity index (χ2n) is 10.1. The second kappa shape index (κ2) is 12.9. The van der Waals surface area contributed by atoms with Crippen LogP contribution in [0, 0.1) is 23.7 Å². The fourth-order valence-corrected chi connectivity index (χ4v) is 4.88. The van der Waals surface area contributed by atoms with Gasteiger partial charge in [-0.2, -0.15) is 0 Å². The molecule has 0 unspecified atom stereocenters. The van der Waals surface area contributed by atoms with Crippen LogP contribution in [-0.4, -0.2) is 25.1 Å². The maximum atomic E-state index is 7.19. The minimum Gasteiger partial charge on any atom is -0.353 e. The van der Waals surface area contributed by atoms with E-state index in [0.29, 0.717) is 13.2 Å². The molecule has 196 valence electrons. The van der Waals surface area contributed by atoms with Gasteiger partial charge in [0.2, 0.25) is 0 Å². The second-order valence-corrected chi connectivity index (χ2v) is 10.1. The predicted molar refractivity (Wildman–Crippen MR) is 154 cm³/mol. The SMILES string of the molecule is C=C[C@@H](CCC#CC1COC(C)(C)OC1)[C@@H](C=C)OC(c1ccccc1)(c1ccccc1)c1ccccc1. The molecule has 3 nitrogen and oxygen atoms in total. The molecule has 38 heavy (non-hydrogen) atoms. The van der Waals surface area contributed by atoms with Crippen molar-refractivity contribution in [1.29, 1.82) is 0 Å². The highest BCUT2D eigenvalue weighted by Gasteiger charge is 2.40. The van der Waals surface area contributed by atoms with Crippen molar-refractivity contribution in [3.63, 3.8) is 0 Å². The molecule has 3 heteroatoms. The van der Waals surface area contributed by atoms with Crippen molar-refractivity contribution in [2.24, 2.45) is 11.8 Å². The van der Waals surface area contributed by atoms with E-state index in [-0.39, 0.29) is 17.9 Å². The number of hydrogen-bond donors (Lipinski definition) is 0. The number of ether oxygens (including phenoxy) is 3. The molecule has 2 atom stereocenters. The van der Waals surface area contributed by atoms with E-state index in [4.69, 9.17) is 14.2 Å². The van der Waals surface area contributed by atoms with Crippen LogP contribution in [0.15, 0.2) is 116 Å². The third kappa shape index (κ3) is 6.52. The third-order valence-corrected chi connectivity index (χ3v) is 6.98. The predicted octanol–water partition coefficient (Wildman–Crippen LogP) is 7.53. The van der Waals surface area contributed by atoms with Crippen LogP contribution >= 0.6 is 0 Å². The van der Waals surface area contributed by atoms with Crippen molar-refractivity contribution in [1.82, 2.24) is 0 Å². The Morgan fingerprint density at radius 1 is 0.842 bits per heavy atom. The van der Waals surface area contributed by atoms with E-state index >= 15 is 0 Å². The molecule has 3 aromatic rings. The van der Waals surface area contributed by atoms with Crippen molar-refractivity contribution < 1.29 is 14.2 Å². The highest BCUT2D eigenvalue weighted by Crippen LogP contribution is 2.42. The molecule has 0 spiro atoms. The van der Waals surface area contributed by atoms with Crippen molar-refractivity contribution in [2.75, 3.05) is 13.2 Å². The summed E-state index contributed by atoms with van der Waals surface area (Å²) >= 11 is 0. The van der Waals surface area contributed by atoms with E-state index < -0.39 is 11.4 Å². The summed E-state index contributed by atoms with van der Waals surface area (Å²) in [6, 6.07) is 31.2. The van der Waals surface area contributed by atoms with Crippen LogP contribution < -0.4 is 0 Å². The summed E-state index contributed by atoms with van der Waals surface area (Å²) in [5.41, 5.74) is 2.37. The molecule has 0 aromatic heterocycles. The van der Waals surface area contributed by atoms with Crippen LogP contribution in [0.5, 0.6) is 0 Å². The summed E-state index contributed by atoms with van der Waals surface area (Å²) in [5, 5.41) is 0. The summed E-state index contributed by atoms with van der Waals surface area (Å²) in [5.74, 6) is 6.27. The van der Waals surface area contributed by atoms with Crippen molar-refractivity contribution >= 4 is 0 Å². The monoisotopic (exact) mass is 506 g/mol. The molecule has 1 saturated heterocycles. The molecule has 0 amide bonds. The van der Waals surface area contributed by atoms with Gasteiger partial charge in [0.15, 0.2) is 5.79 Å². The zero-order chi connectivity index (χ0) is 26.8. The lowest BCUT2D eigenvalue weighted by molar-refractivity contribution is -0.254. The van der Waals surface area contributed by atoms with Gasteiger partial charge < -0.3 is 14.2 Å². The number of rotatable bonds is 10. The molecule has 4 rings (SSSR count). The molecule has 1 aliphatic rings. The molecular formula is C35H38O3. The van der Waals surface area contributed by atoms with Crippen molar-refractivity contribution in [3.05, 3.63) is 133 Å². The van der Waals surface area contributed by atoms with E-state index in [1.54, 1.807) is 0 Å². The average Bonchev–Trinajstić information content (AvgIpc) is 2.96. The van der Waals surface area contributed by atoms with Gasteiger partial charge in [-0.1, -0.05) is 109 Å². The first-order valence-corrected chi connectivity index (χ1v) is 13.3. The summed E-state index contributed by atoms with van der Waals surface area (Å²) in [7, 11) is 0. The standard InChI is InChI=1S/C35H38O3/c1-5-29(19-17-16-18-28-26-36-34(3,4)37-27-28)33(6-2)38-35(30-20-10-7-11-21-30,31-22-12-8-13-23-31)32-24-14-9-15-25-32/h5-15,20-25,28-29,33H,1-2,17,19,26-27H2,3-4H3/t29-,33+/m0/s1. The molecule has 1 aliphatic heterocycles. The molecule has 0 aliphatic carbocycles. The molecule has 1 fully saturated rings. The molecule has 1 heterocycles. The topological polar surface area (TPSA) is 27.7 Å². The zero-order valence-corrected chi connectivity index (χ0v) is 22.5. The van der Waals surface area contributed by atoms with Crippen molar-refractivity contribution in [2.45, 2.75) is 44.2 Å². The van der Waals surface area contributed by atoms with Gasteiger partial charge >= 0.3 is 0 Å². The van der Waals surface area contributed by atoms with Crippen LogP contribution in [0.4, 0.5) is 0 Å². The quantitative estimate of drug-likeness (QED) is 0.162. The Balaban J connectivity index is 1.61. The van der Waals surface area contributed by atoms with Crippen LogP contribution in [0.2, 0.25) is 0 Å². The van der Waals surface area contributed by atoms with Gasteiger partial charge in [-0.15, -0.1) is 19.1 Å². The van der Waals surface area contributed by atoms with E-state index in [2.05, 4.69) is 97.8 Å². The molecule has 3 aromatic carbocycles. The van der Waals surface area contributed by atoms with Crippen LogP contribution in [0.1, 0.15) is 43.4 Å². The largest absolute Gasteiger partial charge is 0.353 e. The first-order chi connectivity index (χ1) is 18.5. The van der Waals surface area contributed by atoms with Gasteiger partial charge in [0, 0.05) is 12.3 Å². The van der Waals surface area contributed by atoms with Crippen molar-refractivity contribution in [3.8, 4) is 11.8 Å². The van der Waals surface area contributed by atoms with E-state index in [1.165, 1.54) is 0 Å². The Morgan fingerprint density at radius 3 is 1.74 bits per heavy atom. The first kappa shape index (κ1) is 27.6. The molecular weight excluding hydrogens is 468 g/mol. The number of benzene rings is 3. The lowest BCUT2D eigenvalue weighted by Gasteiger charge is -2.40. The Morgan fingerprint density at radius 2 is 1.32 bits per heavy atom. The Bertz CT molecular complexity index is 1120. The minimum atomic E-state index is -0.820. The van der Waals surface area contributed by atoms with Gasteiger partial charge in [0.05, 0.1) is 25.2 Å². The van der Waals surface area contributed by atoms with Crippen LogP contribution in [0.25, 0.3) is 0 Å². The minimum absolute atomic E-state index is 0.0371. The van der Waals surface area contributed by atoms with Gasteiger partial charge in [-0.05, 0) is 37.0 Å². The normalized spacial score (nSPS) is 17.0. The highest BCUT2D eigenvalue weighted by molar-refractivity contribution is 5.47. The van der Waals surface area contributed by atoms with E-state index in [1.807, 2.05) is 44.2 Å². The Labute approximate surface area is 228 Å². The van der Waals surface area contributed by atoms with E-state index in [0.717, 1.165) is 29.5 Å². The fraction of sp³-hybridized carbons (Fsp3) is 0.314. The first-order valence-electron chi connectivity index (χ1n) is 13.3. The van der Waals surface area contributed by atoms with Gasteiger partial charge in [0.25, 0.3) is 0 Å². The Hall–Kier alpha value is -3.42. The molecule has 0 radical (unpaired) electrons. The molecule has 0 bridgehead atoms. The Kier molecular flexibility index (Phi) is 9.37. The molecule has 0 N–H and O–H groups in total. The highest BCUT2D eigenvalue weighted by atomic mass is 16.7. The summed E-state index contributed by atoms with van der Waals surface area (Å²) < 4.78 is 18.7. The van der Waals surface area contributed by atoms with E-state index in [9.17, 15) is 0 Å². The maximum Gasteiger partial charge on any atom is 0.162 e. The number of hydrogen-bond acceptors (Lipinski definition) is 3. The fourth-order valence-electron chi connectivity index (χ4n) is 4.88. The summed E-state index contributed by atoms with van der Waals surface area (Å²) in [6.07, 6.45) is 5.11. The smallest absolute Gasteiger partial charge is 0.162 e. The summed E-state index contributed by atoms with van der Waals surface area (Å²) in [6.45, 7) is 13.4. The maximum absolute atomic E-state index is 7.19. The van der Waals surface area contributed by atoms with Gasteiger partial charge in [-0.25, -0.2) is 0 Å². The van der Waals surface area contributed by atoms with Gasteiger partial charge in [-0.3, -0.25) is 0 Å². The zero-order valence-electron chi connectivity index (χ0n) is 22.5. The van der Waals surface area contributed by atoms with Crippen LogP contribution in [0.3, 0.4) is 0 Å². The lowest BCUT2D eigenvalue weighted by Crippen LogP contribution is -2.38. The lowest BCUT2D eigenvalue weighted by atomic mass is 9.79. The average molecular weight is 507 g/mol. The molecule has 0 saturated carbocycles. The van der Waals surface area contributed by atoms with Crippen LogP contribution in [-0.2, 0) is 19.8 Å². The summed E-state index contributed by atoms with van der Waals surface area (Å²) in [4.78, 5) is 0. The third-order valence-electron chi connectivity index (χ3n) is 6.98.